The first-order valence-electron chi connectivity index (χ1n) is 9.29. The summed E-state index contributed by atoms with van der Waals surface area (Å²) in [5, 5.41) is 2.41. The van der Waals surface area contributed by atoms with E-state index in [9.17, 15) is 4.79 Å². The standard InChI is InChI=1S/C23H30O2Si/c1-5-6-13-20(18-19-24)25-26(23(2,3)4,21-14-9-7-10-15-21)22-16-11-8-12-17-22/h5-12,14-17,19-20H,13,18H2,1-4H3/b6-5-/t20-/m0/s1. The quantitative estimate of drug-likeness (QED) is 0.391. The van der Waals surface area contributed by atoms with Crippen LogP contribution in [0.1, 0.15) is 40.5 Å². The highest BCUT2D eigenvalue weighted by molar-refractivity contribution is 6.99. The second kappa shape index (κ2) is 9.11. The molecule has 138 valence electrons. The Bertz CT molecular complexity index is 662. The van der Waals surface area contributed by atoms with E-state index in [-0.39, 0.29) is 11.1 Å². The van der Waals surface area contributed by atoms with E-state index in [4.69, 9.17) is 4.43 Å². The van der Waals surface area contributed by atoms with E-state index >= 15 is 0 Å². The fraction of sp³-hybridized carbons (Fsp3) is 0.348. The van der Waals surface area contributed by atoms with Crippen molar-refractivity contribution >= 4 is 25.0 Å². The normalized spacial score (nSPS) is 13.7. The van der Waals surface area contributed by atoms with Crippen LogP contribution in [0.5, 0.6) is 0 Å². The molecule has 0 aliphatic heterocycles. The van der Waals surface area contributed by atoms with Gasteiger partial charge < -0.3 is 9.22 Å². The molecule has 0 radical (unpaired) electrons. The predicted octanol–water partition coefficient (Wildman–Crippen LogP) is 4.49. The van der Waals surface area contributed by atoms with E-state index in [0.29, 0.717) is 6.42 Å². The molecule has 0 unspecified atom stereocenters. The van der Waals surface area contributed by atoms with E-state index in [1.807, 2.05) is 25.1 Å². The first-order valence-corrected chi connectivity index (χ1v) is 11.2. The van der Waals surface area contributed by atoms with Crippen molar-refractivity contribution in [3.8, 4) is 0 Å². The SMILES string of the molecule is C/C=C\C[C@@H](CC=O)O[Si](c1ccccc1)(c1ccccc1)C(C)(C)C. The number of hydrogen-bond donors (Lipinski definition) is 0. The number of carbonyl (C=O) groups is 1. The average molecular weight is 367 g/mol. The van der Waals surface area contributed by atoms with Crippen molar-refractivity contribution in [3.63, 3.8) is 0 Å². The highest BCUT2D eigenvalue weighted by atomic mass is 28.4. The Labute approximate surface area is 159 Å². The van der Waals surface area contributed by atoms with E-state index in [0.717, 1.165) is 12.7 Å². The third-order valence-electron chi connectivity index (χ3n) is 4.75. The van der Waals surface area contributed by atoms with E-state index in [2.05, 4.69) is 75.4 Å². The maximum atomic E-state index is 11.3. The molecule has 0 N–H and O–H groups in total. The molecule has 2 nitrogen and oxygen atoms in total. The number of aldehydes is 1. The molecule has 0 amide bonds. The lowest BCUT2D eigenvalue weighted by Crippen LogP contribution is -2.67. The molecule has 0 aliphatic rings. The van der Waals surface area contributed by atoms with Crippen LogP contribution in [0.25, 0.3) is 0 Å². The van der Waals surface area contributed by atoms with Gasteiger partial charge >= 0.3 is 0 Å². The van der Waals surface area contributed by atoms with E-state index in [1.165, 1.54) is 10.4 Å². The lowest BCUT2D eigenvalue weighted by atomic mass is 10.2. The summed E-state index contributed by atoms with van der Waals surface area (Å²) in [7, 11) is -2.59. The Balaban J connectivity index is 2.65. The van der Waals surface area contributed by atoms with Crippen molar-refractivity contribution in [1.29, 1.82) is 0 Å². The van der Waals surface area contributed by atoms with Gasteiger partial charge in [-0.05, 0) is 28.8 Å². The summed E-state index contributed by atoms with van der Waals surface area (Å²) in [5.41, 5.74) is 0. The molecule has 1 atom stereocenters. The van der Waals surface area contributed by atoms with Gasteiger partial charge in [-0.25, -0.2) is 0 Å². The molecule has 0 aromatic heterocycles. The van der Waals surface area contributed by atoms with Gasteiger partial charge in [0.15, 0.2) is 0 Å². The van der Waals surface area contributed by atoms with Gasteiger partial charge in [0.05, 0.1) is 6.10 Å². The van der Waals surface area contributed by atoms with Crippen LogP contribution in [-0.4, -0.2) is 20.7 Å². The second-order valence-electron chi connectivity index (χ2n) is 7.61. The molecular weight excluding hydrogens is 336 g/mol. The molecule has 3 heteroatoms. The molecule has 0 spiro atoms. The van der Waals surface area contributed by atoms with E-state index < -0.39 is 8.32 Å². The molecule has 0 saturated heterocycles. The first-order chi connectivity index (χ1) is 12.5. The van der Waals surface area contributed by atoms with Crippen molar-refractivity contribution in [2.75, 3.05) is 0 Å². The van der Waals surface area contributed by atoms with Gasteiger partial charge in [-0.3, -0.25) is 0 Å². The fourth-order valence-corrected chi connectivity index (χ4v) is 8.24. The van der Waals surface area contributed by atoms with Crippen LogP contribution < -0.4 is 10.4 Å². The number of carbonyl (C=O) groups excluding carboxylic acids is 1. The van der Waals surface area contributed by atoms with E-state index in [1.54, 1.807) is 0 Å². The summed E-state index contributed by atoms with van der Waals surface area (Å²) in [6.45, 7) is 8.77. The minimum Gasteiger partial charge on any atom is -0.404 e. The molecule has 2 aromatic rings. The van der Waals surface area contributed by atoms with Gasteiger partial charge in [0.1, 0.15) is 6.29 Å². The van der Waals surface area contributed by atoms with Crippen LogP contribution in [0.4, 0.5) is 0 Å². The van der Waals surface area contributed by atoms with Gasteiger partial charge in [0.25, 0.3) is 8.32 Å². The lowest BCUT2D eigenvalue weighted by molar-refractivity contribution is -0.109. The molecular formula is C23H30O2Si. The molecule has 2 aromatic carbocycles. The Kier molecular flexibility index (Phi) is 7.12. The summed E-state index contributed by atoms with van der Waals surface area (Å²) in [4.78, 5) is 11.3. The van der Waals surface area contributed by atoms with Crippen LogP contribution >= 0.6 is 0 Å². The largest absolute Gasteiger partial charge is 0.404 e. The van der Waals surface area contributed by atoms with Gasteiger partial charge in [0.2, 0.25) is 0 Å². The topological polar surface area (TPSA) is 26.3 Å². The second-order valence-corrected chi connectivity index (χ2v) is 11.9. The molecule has 2 rings (SSSR count). The molecule has 26 heavy (non-hydrogen) atoms. The predicted molar refractivity (Wildman–Crippen MR) is 113 cm³/mol. The Morgan fingerprint density at radius 1 is 0.923 bits per heavy atom. The maximum Gasteiger partial charge on any atom is 0.261 e. The van der Waals surface area contributed by atoms with Crippen molar-refractivity contribution in [3.05, 3.63) is 72.8 Å². The molecule has 0 bridgehead atoms. The maximum absolute atomic E-state index is 11.3. The zero-order chi connectivity index (χ0) is 19.0. The summed E-state index contributed by atoms with van der Waals surface area (Å²) in [5.74, 6) is 0. The van der Waals surface area contributed by atoms with Gasteiger partial charge in [-0.1, -0.05) is 93.6 Å². The fourth-order valence-electron chi connectivity index (χ4n) is 3.53. The molecule has 0 aliphatic carbocycles. The van der Waals surface area contributed by atoms with Crippen LogP contribution in [-0.2, 0) is 9.22 Å². The average Bonchev–Trinajstić information content (AvgIpc) is 2.64. The van der Waals surface area contributed by atoms with Crippen LogP contribution in [0.15, 0.2) is 72.8 Å². The summed E-state index contributed by atoms with van der Waals surface area (Å²) in [6.07, 6.45) is 6.13. The number of benzene rings is 2. The van der Waals surface area contributed by atoms with Crippen molar-refractivity contribution < 1.29 is 9.22 Å². The zero-order valence-electron chi connectivity index (χ0n) is 16.3. The van der Waals surface area contributed by atoms with Crippen LogP contribution in [0.3, 0.4) is 0 Å². The van der Waals surface area contributed by atoms with Crippen LogP contribution in [0.2, 0.25) is 5.04 Å². The number of allylic oxidation sites excluding steroid dienone is 1. The highest BCUT2D eigenvalue weighted by Crippen LogP contribution is 2.38. The van der Waals surface area contributed by atoms with Crippen molar-refractivity contribution in [2.45, 2.75) is 51.7 Å². The monoisotopic (exact) mass is 366 g/mol. The minimum atomic E-state index is -2.59. The Morgan fingerprint density at radius 2 is 1.42 bits per heavy atom. The summed E-state index contributed by atoms with van der Waals surface area (Å²) >= 11 is 0. The van der Waals surface area contributed by atoms with Crippen molar-refractivity contribution in [2.24, 2.45) is 0 Å². The van der Waals surface area contributed by atoms with Gasteiger partial charge in [-0.15, -0.1) is 0 Å². The first kappa shape index (κ1) is 20.3. The minimum absolute atomic E-state index is 0.0766. The Hall–Kier alpha value is -1.97. The summed E-state index contributed by atoms with van der Waals surface area (Å²) in [6, 6.07) is 21.1. The molecule has 0 heterocycles. The third kappa shape index (κ3) is 4.40. The van der Waals surface area contributed by atoms with Gasteiger partial charge in [0, 0.05) is 6.42 Å². The summed E-state index contributed by atoms with van der Waals surface area (Å²) < 4.78 is 6.97. The number of hydrogen-bond acceptors (Lipinski definition) is 2. The van der Waals surface area contributed by atoms with Crippen molar-refractivity contribution in [1.82, 2.24) is 0 Å². The zero-order valence-corrected chi connectivity index (χ0v) is 17.3. The van der Waals surface area contributed by atoms with Gasteiger partial charge in [-0.2, -0.15) is 0 Å². The lowest BCUT2D eigenvalue weighted by Gasteiger charge is -2.45. The Morgan fingerprint density at radius 3 is 1.81 bits per heavy atom. The smallest absolute Gasteiger partial charge is 0.261 e. The third-order valence-corrected chi connectivity index (χ3v) is 9.85. The molecule has 0 saturated carbocycles. The van der Waals surface area contributed by atoms with Crippen LogP contribution in [0, 0.1) is 0 Å². The molecule has 0 fully saturated rings. The highest BCUT2D eigenvalue weighted by Gasteiger charge is 2.51. The number of rotatable bonds is 8.